The van der Waals surface area contributed by atoms with Crippen molar-refractivity contribution in [1.29, 1.82) is 0 Å². The maximum absolute atomic E-state index is 13.6. The summed E-state index contributed by atoms with van der Waals surface area (Å²) in [6, 6.07) is 20.8. The van der Waals surface area contributed by atoms with Gasteiger partial charge >= 0.3 is 0 Å². The van der Waals surface area contributed by atoms with E-state index in [1.807, 2.05) is 41.7 Å². The normalized spacial score (nSPS) is 18.4. The first kappa shape index (κ1) is 24.5. The van der Waals surface area contributed by atoms with Gasteiger partial charge in [-0.25, -0.2) is 0 Å². The second-order valence-electron chi connectivity index (χ2n) is 9.89. The summed E-state index contributed by atoms with van der Waals surface area (Å²) in [5.41, 5.74) is 3.24. The molecular weight excluding hydrogens is 440 g/mol. The van der Waals surface area contributed by atoms with Crippen LogP contribution in [0.2, 0.25) is 0 Å². The summed E-state index contributed by atoms with van der Waals surface area (Å²) in [5, 5.41) is 2.15. The highest BCUT2D eigenvalue weighted by atomic mass is 32.1. The van der Waals surface area contributed by atoms with Gasteiger partial charge in [-0.05, 0) is 60.0 Å². The fraction of sp³-hybridized carbons (Fsp3) is 0.414. The minimum absolute atomic E-state index is 0.134. The van der Waals surface area contributed by atoms with Gasteiger partial charge in [0.25, 0.3) is 5.91 Å². The Kier molecular flexibility index (Phi) is 8.07. The highest BCUT2D eigenvalue weighted by Crippen LogP contribution is 2.36. The molecule has 4 nitrogen and oxygen atoms in total. The summed E-state index contributed by atoms with van der Waals surface area (Å²) >= 11 is 1.81. The molecule has 2 heterocycles. The van der Waals surface area contributed by atoms with Gasteiger partial charge in [0, 0.05) is 49.1 Å². The van der Waals surface area contributed by atoms with E-state index in [-0.39, 0.29) is 5.91 Å². The molecule has 0 aliphatic carbocycles. The van der Waals surface area contributed by atoms with Crippen LogP contribution >= 0.6 is 11.3 Å². The Bertz CT molecular complexity index is 1060. The van der Waals surface area contributed by atoms with E-state index in [1.165, 1.54) is 16.0 Å². The molecule has 1 aromatic heterocycles. The summed E-state index contributed by atoms with van der Waals surface area (Å²) in [5.74, 6) is 2.15. The lowest BCUT2D eigenvalue weighted by Gasteiger charge is -2.30. The molecule has 0 N–H and O–H groups in total. The molecular formula is C29H36N2O2S. The van der Waals surface area contributed by atoms with E-state index in [0.717, 1.165) is 44.0 Å². The lowest BCUT2D eigenvalue weighted by Crippen LogP contribution is -2.39. The smallest absolute Gasteiger partial charge is 0.253 e. The summed E-state index contributed by atoms with van der Waals surface area (Å²) < 4.78 is 5.52. The highest BCUT2D eigenvalue weighted by molar-refractivity contribution is 7.09. The fourth-order valence-electron chi connectivity index (χ4n) is 4.99. The van der Waals surface area contributed by atoms with Gasteiger partial charge in [0.1, 0.15) is 5.75 Å². The lowest BCUT2D eigenvalue weighted by atomic mass is 9.88. The molecule has 1 saturated heterocycles. The van der Waals surface area contributed by atoms with Crippen molar-refractivity contribution in [2.45, 2.75) is 33.2 Å². The lowest BCUT2D eigenvalue weighted by molar-refractivity contribution is 0.0703. The third-order valence-corrected chi connectivity index (χ3v) is 7.49. The van der Waals surface area contributed by atoms with Crippen molar-refractivity contribution in [3.8, 4) is 5.75 Å². The van der Waals surface area contributed by atoms with Gasteiger partial charge in [-0.15, -0.1) is 11.3 Å². The van der Waals surface area contributed by atoms with Crippen LogP contribution in [0.1, 0.15) is 46.1 Å². The number of benzene rings is 2. The third-order valence-electron chi connectivity index (χ3n) is 6.62. The molecule has 1 fully saturated rings. The summed E-state index contributed by atoms with van der Waals surface area (Å²) in [6.07, 6.45) is 0. The zero-order valence-electron chi connectivity index (χ0n) is 20.7. The predicted octanol–water partition coefficient (Wildman–Crippen LogP) is 6.08. The Labute approximate surface area is 208 Å². The van der Waals surface area contributed by atoms with Crippen molar-refractivity contribution in [3.05, 3.63) is 87.6 Å². The number of carbonyl (C=O) groups excluding carboxylic acids is 1. The molecule has 34 heavy (non-hydrogen) atoms. The number of likely N-dealkylation sites (tertiary alicyclic amines) is 1. The number of nitrogens with zero attached hydrogens (tertiary/aromatic N) is 2. The number of methoxy groups -OCH3 is 1. The van der Waals surface area contributed by atoms with Gasteiger partial charge in [0.15, 0.2) is 0 Å². The molecule has 0 spiro atoms. The predicted molar refractivity (Wildman–Crippen MR) is 141 cm³/mol. The van der Waals surface area contributed by atoms with Crippen LogP contribution in [0.5, 0.6) is 5.75 Å². The van der Waals surface area contributed by atoms with Crippen LogP contribution in [0.25, 0.3) is 0 Å². The van der Waals surface area contributed by atoms with Crippen LogP contribution in [0.3, 0.4) is 0 Å². The van der Waals surface area contributed by atoms with Crippen LogP contribution < -0.4 is 4.74 Å². The van der Waals surface area contributed by atoms with Crippen LogP contribution in [-0.2, 0) is 6.54 Å². The molecule has 0 saturated carbocycles. The average molecular weight is 477 g/mol. The first-order valence-corrected chi connectivity index (χ1v) is 13.1. The molecule has 4 rings (SSSR count). The Morgan fingerprint density at radius 2 is 1.91 bits per heavy atom. The SMILES string of the molecule is COc1cccc(C2CN(Cc3cccs3)CC2CN(CC(C)C)C(=O)c2ccc(C)cc2)c1. The van der Waals surface area contributed by atoms with Crippen molar-refractivity contribution in [2.24, 2.45) is 11.8 Å². The number of amides is 1. The van der Waals surface area contributed by atoms with Crippen LogP contribution in [-0.4, -0.2) is 49.0 Å². The second-order valence-corrected chi connectivity index (χ2v) is 10.9. The number of hydrogen-bond acceptors (Lipinski definition) is 4. The van der Waals surface area contributed by atoms with E-state index >= 15 is 0 Å². The molecule has 1 amide bonds. The number of rotatable bonds is 9. The van der Waals surface area contributed by atoms with Gasteiger partial charge in [-0.1, -0.05) is 49.7 Å². The van der Waals surface area contributed by atoms with Gasteiger partial charge < -0.3 is 9.64 Å². The first-order chi connectivity index (χ1) is 16.4. The van der Waals surface area contributed by atoms with Crippen molar-refractivity contribution < 1.29 is 9.53 Å². The minimum atomic E-state index is 0.134. The molecule has 2 aromatic carbocycles. The minimum Gasteiger partial charge on any atom is -0.497 e. The fourth-order valence-corrected chi connectivity index (χ4v) is 5.74. The Morgan fingerprint density at radius 1 is 1.12 bits per heavy atom. The average Bonchev–Trinajstić information content (AvgIpc) is 3.48. The monoisotopic (exact) mass is 476 g/mol. The van der Waals surface area contributed by atoms with Gasteiger partial charge in [-0.3, -0.25) is 9.69 Å². The zero-order chi connectivity index (χ0) is 24.1. The molecule has 180 valence electrons. The standard InChI is InChI=1S/C29H36N2O2S/c1-21(2)16-31(29(32)23-12-10-22(3)11-13-23)18-25-17-30(19-27-9-6-14-34-27)20-28(25)24-7-5-8-26(15-24)33-4/h5-15,21,25,28H,16-20H2,1-4H3. The number of thiophene rings is 1. The largest absolute Gasteiger partial charge is 0.497 e. The molecule has 0 radical (unpaired) electrons. The van der Waals surface area contributed by atoms with Crippen molar-refractivity contribution in [2.75, 3.05) is 33.3 Å². The molecule has 2 atom stereocenters. The Hall–Kier alpha value is -2.63. The van der Waals surface area contributed by atoms with E-state index in [4.69, 9.17) is 4.74 Å². The van der Waals surface area contributed by atoms with Crippen LogP contribution in [0.4, 0.5) is 0 Å². The molecule has 0 bridgehead atoms. The summed E-state index contributed by atoms with van der Waals surface area (Å²) in [4.78, 5) is 19.6. The van der Waals surface area contributed by atoms with Gasteiger partial charge in [0.2, 0.25) is 0 Å². The van der Waals surface area contributed by atoms with E-state index < -0.39 is 0 Å². The number of hydrogen-bond donors (Lipinski definition) is 0. The van der Waals surface area contributed by atoms with Crippen LogP contribution in [0.15, 0.2) is 66.0 Å². The topological polar surface area (TPSA) is 32.8 Å². The zero-order valence-corrected chi connectivity index (χ0v) is 21.6. The molecule has 3 aromatic rings. The van der Waals surface area contributed by atoms with Gasteiger partial charge in [-0.2, -0.15) is 0 Å². The van der Waals surface area contributed by atoms with Gasteiger partial charge in [0.05, 0.1) is 7.11 Å². The highest BCUT2D eigenvalue weighted by Gasteiger charge is 2.36. The molecule has 2 unspecified atom stereocenters. The molecule has 1 aliphatic heterocycles. The number of carbonyl (C=O) groups is 1. The summed E-state index contributed by atoms with van der Waals surface area (Å²) in [6.45, 7) is 10.9. The maximum Gasteiger partial charge on any atom is 0.253 e. The van der Waals surface area contributed by atoms with Crippen molar-refractivity contribution in [3.63, 3.8) is 0 Å². The molecule has 1 aliphatic rings. The second kappa shape index (κ2) is 11.2. The molecule has 5 heteroatoms. The third kappa shape index (κ3) is 6.08. The van der Waals surface area contributed by atoms with E-state index in [0.29, 0.717) is 17.8 Å². The summed E-state index contributed by atoms with van der Waals surface area (Å²) in [7, 11) is 1.72. The number of aryl methyl sites for hydroxylation is 1. The van der Waals surface area contributed by atoms with Crippen LogP contribution in [0, 0.1) is 18.8 Å². The maximum atomic E-state index is 13.6. The first-order valence-electron chi connectivity index (χ1n) is 12.2. The number of ether oxygens (including phenoxy) is 1. The van der Waals surface area contributed by atoms with Crippen molar-refractivity contribution in [1.82, 2.24) is 9.80 Å². The quantitative estimate of drug-likeness (QED) is 0.375. The van der Waals surface area contributed by atoms with E-state index in [2.05, 4.69) is 66.3 Å². The van der Waals surface area contributed by atoms with E-state index in [9.17, 15) is 4.79 Å². The Balaban J connectivity index is 1.59. The van der Waals surface area contributed by atoms with Crippen molar-refractivity contribution >= 4 is 17.2 Å². The Morgan fingerprint density at radius 3 is 2.59 bits per heavy atom. The van der Waals surface area contributed by atoms with E-state index in [1.54, 1.807) is 7.11 Å².